The molecule has 0 amide bonds. The topological polar surface area (TPSA) is 92.4 Å². The zero-order valence-electron chi connectivity index (χ0n) is 9.68. The Morgan fingerprint density at radius 3 is 2.53 bits per heavy atom. The van der Waals surface area contributed by atoms with Crippen LogP contribution in [0.4, 0.5) is 18.9 Å². The van der Waals surface area contributed by atoms with E-state index in [9.17, 15) is 21.6 Å². The van der Waals surface area contributed by atoms with Crippen molar-refractivity contribution in [3.63, 3.8) is 0 Å². The molecule has 108 valence electrons. The highest BCUT2D eigenvalue weighted by atomic mass is 32.2. The minimum atomic E-state index is -4.86. The second-order valence-corrected chi connectivity index (χ2v) is 5.72. The molecule has 1 aromatic carbocycles. The molecule has 0 saturated heterocycles. The Balaban J connectivity index is 2.63. The van der Waals surface area contributed by atoms with Gasteiger partial charge in [0.2, 0.25) is 10.0 Å². The van der Waals surface area contributed by atoms with Gasteiger partial charge in [-0.1, -0.05) is 12.1 Å². The molecule has 0 fully saturated rings. The van der Waals surface area contributed by atoms with Crippen LogP contribution in [0.15, 0.2) is 24.3 Å². The van der Waals surface area contributed by atoms with Gasteiger partial charge in [0.05, 0.1) is 5.75 Å². The fraction of sp³-hybridized carbons (Fsp3) is 0.400. The standard InChI is InChI=1S/C10H13F3N2O3S/c11-10(12,13)9(16)5-15-19(17,18)6-7-2-1-3-8(14)4-7/h1-4,9,15-16H,5-6,14H2. The van der Waals surface area contributed by atoms with Crippen molar-refractivity contribution in [2.75, 3.05) is 12.3 Å². The normalized spacial score (nSPS) is 14.3. The number of rotatable bonds is 5. The molecule has 0 radical (unpaired) electrons. The van der Waals surface area contributed by atoms with Gasteiger partial charge < -0.3 is 10.8 Å². The summed E-state index contributed by atoms with van der Waals surface area (Å²) < 4.78 is 60.7. The molecule has 0 aromatic heterocycles. The molecule has 1 rings (SSSR count). The van der Waals surface area contributed by atoms with Crippen molar-refractivity contribution in [3.05, 3.63) is 29.8 Å². The van der Waals surface area contributed by atoms with Crippen molar-refractivity contribution in [1.82, 2.24) is 4.72 Å². The fourth-order valence-electron chi connectivity index (χ4n) is 1.27. The Morgan fingerprint density at radius 2 is 2.00 bits per heavy atom. The minimum absolute atomic E-state index is 0.342. The molecule has 1 aromatic rings. The number of hydrogen-bond acceptors (Lipinski definition) is 4. The molecule has 4 N–H and O–H groups in total. The number of aliphatic hydroxyl groups is 1. The van der Waals surface area contributed by atoms with Crippen LogP contribution in [0.5, 0.6) is 0 Å². The number of halogens is 3. The Morgan fingerprint density at radius 1 is 1.37 bits per heavy atom. The van der Waals surface area contributed by atoms with E-state index < -0.39 is 34.6 Å². The highest BCUT2D eigenvalue weighted by Crippen LogP contribution is 2.19. The van der Waals surface area contributed by atoms with Gasteiger partial charge in [0, 0.05) is 12.2 Å². The number of nitrogen functional groups attached to an aromatic ring is 1. The maximum absolute atomic E-state index is 12.0. The number of alkyl halides is 3. The summed E-state index contributed by atoms with van der Waals surface area (Å²) in [6, 6.07) is 5.97. The number of aliphatic hydroxyl groups excluding tert-OH is 1. The number of nitrogens with one attached hydrogen (secondary N) is 1. The predicted molar refractivity (Wildman–Crippen MR) is 63.5 cm³/mol. The molecule has 1 atom stereocenters. The van der Waals surface area contributed by atoms with Gasteiger partial charge in [-0.05, 0) is 17.7 Å². The van der Waals surface area contributed by atoms with E-state index in [1.54, 1.807) is 10.8 Å². The predicted octanol–water partition coefficient (Wildman–Crippen LogP) is 0.611. The van der Waals surface area contributed by atoms with Crippen molar-refractivity contribution in [3.8, 4) is 0 Å². The summed E-state index contributed by atoms with van der Waals surface area (Å²) in [5.41, 5.74) is 6.14. The molecule has 0 bridgehead atoms. The third kappa shape index (κ3) is 5.45. The van der Waals surface area contributed by atoms with Crippen molar-refractivity contribution in [2.24, 2.45) is 0 Å². The van der Waals surface area contributed by atoms with Gasteiger partial charge >= 0.3 is 6.18 Å². The monoisotopic (exact) mass is 298 g/mol. The van der Waals surface area contributed by atoms with Crippen LogP contribution in [0.2, 0.25) is 0 Å². The highest BCUT2D eigenvalue weighted by molar-refractivity contribution is 7.88. The SMILES string of the molecule is Nc1cccc(CS(=O)(=O)NCC(O)C(F)(F)F)c1. The Kier molecular flexibility index (Phi) is 4.77. The summed E-state index contributed by atoms with van der Waals surface area (Å²) in [5, 5.41) is 8.69. The molecular weight excluding hydrogens is 285 g/mol. The molecule has 1 unspecified atom stereocenters. The van der Waals surface area contributed by atoms with Crippen LogP contribution in [0.25, 0.3) is 0 Å². The number of nitrogens with two attached hydrogens (primary N) is 1. The molecule has 0 aliphatic rings. The lowest BCUT2D eigenvalue weighted by atomic mass is 10.2. The van der Waals surface area contributed by atoms with Gasteiger partial charge in [0.1, 0.15) is 0 Å². The molecule has 0 heterocycles. The maximum atomic E-state index is 12.0. The van der Waals surface area contributed by atoms with Gasteiger partial charge in [-0.3, -0.25) is 0 Å². The van der Waals surface area contributed by atoms with Crippen LogP contribution in [-0.2, 0) is 15.8 Å². The Bertz CT molecular complexity index is 531. The second kappa shape index (κ2) is 5.76. The zero-order valence-corrected chi connectivity index (χ0v) is 10.5. The third-order valence-electron chi connectivity index (χ3n) is 2.18. The van der Waals surface area contributed by atoms with Crippen LogP contribution in [0.1, 0.15) is 5.56 Å². The van der Waals surface area contributed by atoms with Crippen LogP contribution >= 0.6 is 0 Å². The fourth-order valence-corrected chi connectivity index (χ4v) is 2.41. The number of sulfonamides is 1. The van der Waals surface area contributed by atoms with E-state index in [2.05, 4.69) is 0 Å². The first-order chi connectivity index (χ1) is 8.60. The van der Waals surface area contributed by atoms with Gasteiger partial charge in [-0.2, -0.15) is 13.2 Å². The molecule has 0 aliphatic carbocycles. The lowest BCUT2D eigenvalue weighted by Gasteiger charge is -2.15. The van der Waals surface area contributed by atoms with Gasteiger partial charge in [0.15, 0.2) is 6.10 Å². The molecule has 5 nitrogen and oxygen atoms in total. The number of hydrogen-bond donors (Lipinski definition) is 3. The number of benzene rings is 1. The molecular formula is C10H13F3N2O3S. The second-order valence-electron chi connectivity index (χ2n) is 3.91. The average molecular weight is 298 g/mol. The summed E-state index contributed by atoms with van der Waals surface area (Å²) in [6.45, 7) is -1.12. The summed E-state index contributed by atoms with van der Waals surface area (Å²) >= 11 is 0. The first-order valence-electron chi connectivity index (χ1n) is 5.17. The van der Waals surface area contributed by atoms with Gasteiger partial charge in [-0.15, -0.1) is 0 Å². The lowest BCUT2D eigenvalue weighted by molar-refractivity contribution is -0.200. The van der Waals surface area contributed by atoms with Crippen molar-refractivity contribution in [2.45, 2.75) is 18.0 Å². The smallest absolute Gasteiger partial charge is 0.399 e. The highest BCUT2D eigenvalue weighted by Gasteiger charge is 2.38. The molecule has 0 spiro atoms. The van der Waals surface area contributed by atoms with Crippen LogP contribution in [0, 0.1) is 0 Å². The van der Waals surface area contributed by atoms with Gasteiger partial charge in [-0.25, -0.2) is 13.1 Å². The molecule has 9 heteroatoms. The first kappa shape index (κ1) is 15.7. The first-order valence-corrected chi connectivity index (χ1v) is 6.82. The molecule has 0 aliphatic heterocycles. The Labute approximate surface area is 108 Å². The van der Waals surface area contributed by atoms with Crippen molar-refractivity contribution in [1.29, 1.82) is 0 Å². The van der Waals surface area contributed by atoms with E-state index >= 15 is 0 Å². The van der Waals surface area contributed by atoms with Crippen LogP contribution in [-0.4, -0.2) is 32.3 Å². The third-order valence-corrected chi connectivity index (χ3v) is 3.50. The summed E-state index contributed by atoms with van der Waals surface area (Å²) in [4.78, 5) is 0. The maximum Gasteiger partial charge on any atom is 0.415 e. The van der Waals surface area contributed by atoms with E-state index in [1.807, 2.05) is 0 Å². The lowest BCUT2D eigenvalue weighted by Crippen LogP contribution is -2.41. The average Bonchev–Trinajstić information content (AvgIpc) is 2.24. The summed E-state index contributed by atoms with van der Waals surface area (Å²) in [6.07, 6.45) is -7.59. The minimum Gasteiger partial charge on any atom is -0.399 e. The Hall–Kier alpha value is -1.32. The zero-order chi connectivity index (χ0) is 14.7. The summed E-state index contributed by atoms with van der Waals surface area (Å²) in [5.74, 6) is -0.511. The van der Waals surface area contributed by atoms with Gasteiger partial charge in [0.25, 0.3) is 0 Å². The van der Waals surface area contributed by atoms with Crippen LogP contribution in [0.3, 0.4) is 0 Å². The van der Waals surface area contributed by atoms with Crippen molar-refractivity contribution < 1.29 is 26.7 Å². The summed E-state index contributed by atoms with van der Waals surface area (Å²) in [7, 11) is -3.97. The van der Waals surface area contributed by atoms with Crippen LogP contribution < -0.4 is 10.5 Å². The largest absolute Gasteiger partial charge is 0.415 e. The van der Waals surface area contributed by atoms with E-state index in [1.165, 1.54) is 18.2 Å². The van der Waals surface area contributed by atoms with E-state index in [0.717, 1.165) is 0 Å². The number of anilines is 1. The molecule has 19 heavy (non-hydrogen) atoms. The molecule has 0 saturated carbocycles. The quantitative estimate of drug-likeness (QED) is 0.695. The van der Waals surface area contributed by atoms with Crippen molar-refractivity contribution >= 4 is 15.7 Å². The van der Waals surface area contributed by atoms with E-state index in [4.69, 9.17) is 10.8 Å². The van der Waals surface area contributed by atoms with E-state index in [0.29, 0.717) is 11.3 Å². The van der Waals surface area contributed by atoms with E-state index in [-0.39, 0.29) is 0 Å².